The zero-order chi connectivity index (χ0) is 20.6. The second kappa shape index (κ2) is 9.76. The van der Waals surface area contributed by atoms with Gasteiger partial charge in [-0.25, -0.2) is 18.4 Å². The van der Waals surface area contributed by atoms with E-state index in [-0.39, 0.29) is 24.5 Å². The van der Waals surface area contributed by atoms with Crippen LogP contribution in [0.25, 0.3) is 0 Å². The van der Waals surface area contributed by atoms with Crippen LogP contribution in [-0.2, 0) is 14.3 Å². The molecule has 0 heterocycles. The Labute approximate surface area is 157 Å². The SMILES string of the molecule is CCOC(=O)[C@@H](C)Oc1cc(F)c(F)cc1C#CCNC(=O)OC(C)(C)C. The molecule has 27 heavy (non-hydrogen) atoms. The fourth-order valence-electron chi connectivity index (χ4n) is 1.79. The first kappa shape index (κ1) is 22.2. The van der Waals surface area contributed by atoms with Gasteiger partial charge in [0, 0.05) is 6.07 Å². The molecule has 1 amide bonds. The third-order valence-electron chi connectivity index (χ3n) is 2.89. The fraction of sp³-hybridized carbons (Fsp3) is 0.474. The highest BCUT2D eigenvalue weighted by atomic mass is 19.2. The zero-order valence-corrected chi connectivity index (χ0v) is 15.9. The highest BCUT2D eigenvalue weighted by Crippen LogP contribution is 2.23. The molecule has 0 saturated heterocycles. The molecule has 148 valence electrons. The quantitative estimate of drug-likeness (QED) is 0.625. The number of carbonyl (C=O) groups excluding carboxylic acids is 2. The van der Waals surface area contributed by atoms with Gasteiger partial charge in [0.15, 0.2) is 17.7 Å². The number of ether oxygens (including phenoxy) is 3. The maximum Gasteiger partial charge on any atom is 0.408 e. The smallest absolute Gasteiger partial charge is 0.408 e. The zero-order valence-electron chi connectivity index (χ0n) is 15.9. The van der Waals surface area contributed by atoms with Crippen molar-refractivity contribution in [2.45, 2.75) is 46.3 Å². The van der Waals surface area contributed by atoms with E-state index >= 15 is 0 Å². The Morgan fingerprint density at radius 2 is 1.85 bits per heavy atom. The lowest BCUT2D eigenvalue weighted by atomic mass is 10.2. The molecule has 0 aliphatic rings. The molecule has 0 aromatic heterocycles. The number of alkyl carbamates (subject to hydrolysis) is 1. The van der Waals surface area contributed by atoms with Crippen molar-refractivity contribution in [3.63, 3.8) is 0 Å². The topological polar surface area (TPSA) is 73.9 Å². The molecule has 1 rings (SSSR count). The van der Waals surface area contributed by atoms with E-state index in [0.717, 1.165) is 12.1 Å². The summed E-state index contributed by atoms with van der Waals surface area (Å²) in [4.78, 5) is 23.2. The maximum atomic E-state index is 13.5. The van der Waals surface area contributed by atoms with Crippen LogP contribution >= 0.6 is 0 Å². The molecule has 1 N–H and O–H groups in total. The van der Waals surface area contributed by atoms with E-state index in [1.54, 1.807) is 27.7 Å². The van der Waals surface area contributed by atoms with E-state index in [2.05, 4.69) is 17.2 Å². The minimum absolute atomic E-state index is 0.0241. The third kappa shape index (κ3) is 7.94. The lowest BCUT2D eigenvalue weighted by Gasteiger charge is -2.19. The Kier molecular flexibility index (Phi) is 8.03. The van der Waals surface area contributed by atoms with Gasteiger partial charge >= 0.3 is 12.1 Å². The van der Waals surface area contributed by atoms with Gasteiger partial charge in [-0.3, -0.25) is 0 Å². The number of amides is 1. The van der Waals surface area contributed by atoms with Crippen molar-refractivity contribution >= 4 is 12.1 Å². The summed E-state index contributed by atoms with van der Waals surface area (Å²) in [6.45, 7) is 8.28. The Balaban J connectivity index is 2.87. The van der Waals surface area contributed by atoms with E-state index < -0.39 is 35.4 Å². The molecule has 0 aliphatic carbocycles. The molecule has 1 aromatic carbocycles. The Hall–Kier alpha value is -2.82. The van der Waals surface area contributed by atoms with Crippen LogP contribution in [0, 0.1) is 23.5 Å². The summed E-state index contributed by atoms with van der Waals surface area (Å²) in [6, 6.07) is 1.65. The molecular weight excluding hydrogens is 360 g/mol. The van der Waals surface area contributed by atoms with Gasteiger partial charge in [0.25, 0.3) is 0 Å². The molecule has 0 saturated carbocycles. The highest BCUT2D eigenvalue weighted by Gasteiger charge is 2.19. The monoisotopic (exact) mass is 383 g/mol. The van der Waals surface area contributed by atoms with Crippen molar-refractivity contribution in [2.75, 3.05) is 13.2 Å². The Morgan fingerprint density at radius 1 is 1.22 bits per heavy atom. The molecule has 0 radical (unpaired) electrons. The van der Waals surface area contributed by atoms with Gasteiger partial charge in [-0.2, -0.15) is 0 Å². The molecular formula is C19H23F2NO5. The predicted molar refractivity (Wildman–Crippen MR) is 94.2 cm³/mol. The van der Waals surface area contributed by atoms with Crippen molar-refractivity contribution in [2.24, 2.45) is 0 Å². The number of hydrogen-bond donors (Lipinski definition) is 1. The van der Waals surface area contributed by atoms with Crippen molar-refractivity contribution in [3.05, 3.63) is 29.3 Å². The third-order valence-corrected chi connectivity index (χ3v) is 2.89. The minimum atomic E-state index is -1.14. The van der Waals surface area contributed by atoms with E-state index in [0.29, 0.717) is 0 Å². The van der Waals surface area contributed by atoms with E-state index in [1.807, 2.05) is 0 Å². The minimum Gasteiger partial charge on any atom is -0.478 e. The normalized spacial score (nSPS) is 11.7. The van der Waals surface area contributed by atoms with Gasteiger partial charge in [0.1, 0.15) is 11.4 Å². The molecule has 8 heteroatoms. The number of rotatable bonds is 5. The van der Waals surface area contributed by atoms with Crippen LogP contribution in [-0.4, -0.2) is 36.9 Å². The van der Waals surface area contributed by atoms with Crippen molar-refractivity contribution < 1.29 is 32.6 Å². The van der Waals surface area contributed by atoms with E-state index in [4.69, 9.17) is 14.2 Å². The van der Waals surface area contributed by atoms with Gasteiger partial charge < -0.3 is 19.5 Å². The first-order chi connectivity index (χ1) is 12.5. The molecule has 0 aliphatic heterocycles. The standard InChI is InChI=1S/C19H23F2NO5/c1-6-25-17(23)12(2)26-16-11-15(21)14(20)10-13(16)8-7-9-22-18(24)27-19(3,4)5/h10-12H,6,9H2,1-5H3,(H,22,24)/t12-/m1/s1. The van der Waals surface area contributed by atoms with Crippen molar-refractivity contribution in [1.29, 1.82) is 0 Å². The summed E-state index contributed by atoms with van der Waals surface area (Å²) < 4.78 is 42.2. The number of hydrogen-bond acceptors (Lipinski definition) is 5. The van der Waals surface area contributed by atoms with Crippen molar-refractivity contribution in [3.8, 4) is 17.6 Å². The fourth-order valence-corrected chi connectivity index (χ4v) is 1.79. The molecule has 0 fully saturated rings. The number of carbonyl (C=O) groups is 2. The highest BCUT2D eigenvalue weighted by molar-refractivity contribution is 5.74. The van der Waals surface area contributed by atoms with Gasteiger partial charge in [-0.15, -0.1) is 0 Å². The van der Waals surface area contributed by atoms with E-state index in [9.17, 15) is 18.4 Å². The number of halogens is 2. The lowest BCUT2D eigenvalue weighted by Crippen LogP contribution is -2.32. The first-order valence-electron chi connectivity index (χ1n) is 8.31. The number of benzene rings is 1. The van der Waals surface area contributed by atoms with Crippen LogP contribution in [0.15, 0.2) is 12.1 Å². The van der Waals surface area contributed by atoms with Crippen LogP contribution in [0.2, 0.25) is 0 Å². The predicted octanol–water partition coefficient (Wildman–Crippen LogP) is 3.17. The van der Waals surface area contributed by atoms with Gasteiger partial charge in [-0.1, -0.05) is 11.8 Å². The lowest BCUT2D eigenvalue weighted by molar-refractivity contribution is -0.150. The second-order valence-electron chi connectivity index (χ2n) is 6.43. The molecule has 6 nitrogen and oxygen atoms in total. The van der Waals surface area contributed by atoms with Crippen LogP contribution in [0.1, 0.15) is 40.2 Å². The van der Waals surface area contributed by atoms with Gasteiger partial charge in [0.05, 0.1) is 18.7 Å². The molecule has 0 spiro atoms. The second-order valence-corrected chi connectivity index (χ2v) is 6.43. The van der Waals surface area contributed by atoms with Crippen LogP contribution in [0.3, 0.4) is 0 Å². The first-order valence-corrected chi connectivity index (χ1v) is 8.31. The Bertz CT molecular complexity index is 747. The summed E-state index contributed by atoms with van der Waals surface area (Å²) in [7, 11) is 0. The Morgan fingerprint density at radius 3 is 2.44 bits per heavy atom. The summed E-state index contributed by atoms with van der Waals surface area (Å²) in [5.74, 6) is 2.14. The summed E-state index contributed by atoms with van der Waals surface area (Å²) in [6.07, 6.45) is -1.69. The average Bonchev–Trinajstić information content (AvgIpc) is 2.54. The number of esters is 1. The summed E-state index contributed by atoms with van der Waals surface area (Å²) >= 11 is 0. The van der Waals surface area contributed by atoms with Gasteiger partial charge in [-0.05, 0) is 40.7 Å². The number of nitrogens with one attached hydrogen (secondary N) is 1. The van der Waals surface area contributed by atoms with Crippen LogP contribution < -0.4 is 10.1 Å². The average molecular weight is 383 g/mol. The molecule has 0 bridgehead atoms. The van der Waals surface area contributed by atoms with E-state index in [1.165, 1.54) is 6.92 Å². The molecule has 1 atom stereocenters. The van der Waals surface area contributed by atoms with Crippen molar-refractivity contribution in [1.82, 2.24) is 5.32 Å². The van der Waals surface area contributed by atoms with Crippen LogP contribution in [0.4, 0.5) is 13.6 Å². The largest absolute Gasteiger partial charge is 0.478 e. The molecule has 1 aromatic rings. The summed E-state index contributed by atoms with van der Waals surface area (Å²) in [5.41, 5.74) is -0.627. The summed E-state index contributed by atoms with van der Waals surface area (Å²) in [5, 5.41) is 2.41. The maximum absolute atomic E-state index is 13.5. The van der Waals surface area contributed by atoms with Gasteiger partial charge in [0.2, 0.25) is 0 Å². The van der Waals surface area contributed by atoms with Crippen LogP contribution in [0.5, 0.6) is 5.75 Å². The molecule has 0 unspecified atom stereocenters.